The largest absolute Gasteiger partial charge is 0.491 e. The van der Waals surface area contributed by atoms with E-state index in [1.807, 2.05) is 19.1 Å². The molecule has 0 aliphatic rings. The summed E-state index contributed by atoms with van der Waals surface area (Å²) in [5.74, 6) is -0.505. The van der Waals surface area contributed by atoms with Crippen LogP contribution in [0.1, 0.15) is 30.6 Å². The van der Waals surface area contributed by atoms with E-state index in [0.717, 1.165) is 11.1 Å². The fourth-order valence-corrected chi connectivity index (χ4v) is 3.72. The van der Waals surface area contributed by atoms with E-state index in [4.69, 9.17) is 28.4 Å². The fourth-order valence-electron chi connectivity index (χ4n) is 3.72. The molecule has 9 heteroatoms. The lowest BCUT2D eigenvalue weighted by atomic mass is 10.0. The molecule has 0 N–H and O–H groups in total. The van der Waals surface area contributed by atoms with Gasteiger partial charge in [0.05, 0.1) is 45.2 Å². The van der Waals surface area contributed by atoms with Gasteiger partial charge >= 0.3 is 11.9 Å². The quantitative estimate of drug-likeness (QED) is 0.0675. The summed E-state index contributed by atoms with van der Waals surface area (Å²) in [5.41, 5.74) is 2.11. The van der Waals surface area contributed by atoms with Gasteiger partial charge in [-0.2, -0.15) is 0 Å². The number of carbonyl (C=O) groups is 2. The Balaban J connectivity index is 1.38. The van der Waals surface area contributed by atoms with Crippen molar-refractivity contribution in [3.8, 4) is 28.4 Å². The van der Waals surface area contributed by atoms with Crippen molar-refractivity contribution in [3.63, 3.8) is 0 Å². The van der Waals surface area contributed by atoms with Crippen molar-refractivity contribution in [2.24, 2.45) is 5.92 Å². The van der Waals surface area contributed by atoms with Gasteiger partial charge < -0.3 is 28.4 Å². The fraction of sp³-hybridized carbons (Fsp3) is 0.353. The Morgan fingerprint density at radius 2 is 1.21 bits per heavy atom. The molecule has 3 aromatic carbocycles. The minimum atomic E-state index is -1.66. The van der Waals surface area contributed by atoms with Gasteiger partial charge in [0.25, 0.3) is 0 Å². The van der Waals surface area contributed by atoms with E-state index in [-0.39, 0.29) is 5.75 Å². The molecular formula is C34H39FO8. The Hall–Kier alpha value is -4.05. The average Bonchev–Trinajstić information content (AvgIpc) is 3.04. The van der Waals surface area contributed by atoms with Gasteiger partial charge in [-0.15, -0.1) is 6.58 Å². The predicted octanol–water partition coefficient (Wildman–Crippen LogP) is 6.48. The van der Waals surface area contributed by atoms with Crippen LogP contribution in [0.5, 0.6) is 17.2 Å². The molecule has 8 nitrogen and oxygen atoms in total. The highest BCUT2D eigenvalue weighted by Gasteiger charge is 2.25. The van der Waals surface area contributed by atoms with Gasteiger partial charge in [-0.3, -0.25) is 0 Å². The molecule has 3 rings (SSSR count). The number of hydrogen-bond donors (Lipinski definition) is 0. The number of alkyl halides is 1. The molecule has 0 heterocycles. The molecule has 43 heavy (non-hydrogen) atoms. The van der Waals surface area contributed by atoms with Gasteiger partial charge in [0.1, 0.15) is 23.9 Å². The van der Waals surface area contributed by atoms with Crippen molar-refractivity contribution in [1.29, 1.82) is 0 Å². The van der Waals surface area contributed by atoms with E-state index in [0.29, 0.717) is 69.7 Å². The third-order valence-corrected chi connectivity index (χ3v) is 6.41. The molecule has 0 aliphatic carbocycles. The lowest BCUT2D eigenvalue weighted by Gasteiger charge is -2.13. The molecule has 0 saturated carbocycles. The van der Waals surface area contributed by atoms with Crippen molar-refractivity contribution in [3.05, 3.63) is 91.0 Å². The molecule has 0 saturated heterocycles. The standard InChI is InChI=1S/C34H39FO8/c1-4-18-38-19-20-39-21-22-40-23-24-41-29-12-10-28(11-13-29)33(36)42-30-14-6-26(7-15-30)27-8-16-31(17-9-27)43-34(37)32(35)25(3)5-2/h4,6-17,25,32H,1,5,18-24H2,2-3H3/t25-,32+/m0/s1. The molecule has 0 spiro atoms. The number of benzene rings is 3. The maximum atomic E-state index is 14.1. The Labute approximate surface area is 252 Å². The van der Waals surface area contributed by atoms with Crippen LogP contribution in [0, 0.1) is 5.92 Å². The third-order valence-electron chi connectivity index (χ3n) is 6.41. The first-order chi connectivity index (χ1) is 20.9. The molecule has 3 aromatic rings. The summed E-state index contributed by atoms with van der Waals surface area (Å²) in [4.78, 5) is 24.6. The van der Waals surface area contributed by atoms with E-state index in [1.54, 1.807) is 73.7 Å². The van der Waals surface area contributed by atoms with Gasteiger partial charge in [-0.1, -0.05) is 50.6 Å². The number of esters is 2. The zero-order valence-electron chi connectivity index (χ0n) is 24.7. The lowest BCUT2D eigenvalue weighted by Crippen LogP contribution is -2.27. The van der Waals surface area contributed by atoms with Crippen molar-refractivity contribution < 1.29 is 42.4 Å². The first-order valence-corrected chi connectivity index (χ1v) is 14.3. The van der Waals surface area contributed by atoms with E-state index < -0.39 is 24.0 Å². The minimum absolute atomic E-state index is 0.276. The summed E-state index contributed by atoms with van der Waals surface area (Å²) in [6.07, 6.45) is 0.577. The van der Waals surface area contributed by atoms with Gasteiger partial charge in [-0.05, 0) is 65.6 Å². The molecular weight excluding hydrogens is 555 g/mol. The zero-order chi connectivity index (χ0) is 30.9. The van der Waals surface area contributed by atoms with Crippen LogP contribution >= 0.6 is 0 Å². The van der Waals surface area contributed by atoms with Gasteiger partial charge in [0.2, 0.25) is 0 Å². The smallest absolute Gasteiger partial charge is 0.346 e. The second-order valence-corrected chi connectivity index (χ2v) is 9.61. The van der Waals surface area contributed by atoms with Crippen LogP contribution in [0.15, 0.2) is 85.5 Å². The first kappa shape index (κ1) is 33.5. The van der Waals surface area contributed by atoms with E-state index >= 15 is 0 Å². The number of ether oxygens (including phenoxy) is 6. The number of rotatable bonds is 19. The Morgan fingerprint density at radius 3 is 1.74 bits per heavy atom. The highest BCUT2D eigenvalue weighted by Crippen LogP contribution is 2.26. The second-order valence-electron chi connectivity index (χ2n) is 9.61. The zero-order valence-corrected chi connectivity index (χ0v) is 24.7. The maximum Gasteiger partial charge on any atom is 0.346 e. The summed E-state index contributed by atoms with van der Waals surface area (Å²) in [7, 11) is 0. The summed E-state index contributed by atoms with van der Waals surface area (Å²) >= 11 is 0. The van der Waals surface area contributed by atoms with Crippen molar-refractivity contribution in [2.75, 3.05) is 46.2 Å². The molecule has 0 aliphatic heterocycles. The number of carbonyl (C=O) groups excluding carboxylic acids is 2. The average molecular weight is 595 g/mol. The summed E-state index contributed by atoms with van der Waals surface area (Å²) < 4.78 is 46.5. The summed E-state index contributed by atoms with van der Waals surface area (Å²) in [5, 5.41) is 0. The van der Waals surface area contributed by atoms with E-state index in [2.05, 4.69) is 6.58 Å². The Bertz CT molecular complexity index is 1260. The highest BCUT2D eigenvalue weighted by molar-refractivity contribution is 5.91. The van der Waals surface area contributed by atoms with Crippen LogP contribution in [0.25, 0.3) is 11.1 Å². The van der Waals surface area contributed by atoms with E-state index in [9.17, 15) is 14.0 Å². The molecule has 0 radical (unpaired) electrons. The number of hydrogen-bond acceptors (Lipinski definition) is 8. The molecule has 0 fully saturated rings. The third kappa shape index (κ3) is 11.6. The van der Waals surface area contributed by atoms with Crippen LogP contribution in [0.2, 0.25) is 0 Å². The molecule has 230 valence electrons. The van der Waals surface area contributed by atoms with Crippen molar-refractivity contribution in [2.45, 2.75) is 26.4 Å². The van der Waals surface area contributed by atoms with Crippen LogP contribution in [0.4, 0.5) is 4.39 Å². The van der Waals surface area contributed by atoms with Gasteiger partial charge in [0.15, 0.2) is 6.17 Å². The molecule has 0 bridgehead atoms. The monoisotopic (exact) mass is 594 g/mol. The van der Waals surface area contributed by atoms with Gasteiger partial charge in [0, 0.05) is 0 Å². The first-order valence-electron chi connectivity index (χ1n) is 14.3. The van der Waals surface area contributed by atoms with Crippen molar-refractivity contribution >= 4 is 11.9 Å². The second kappa shape index (κ2) is 18.5. The molecule has 0 unspecified atom stereocenters. The minimum Gasteiger partial charge on any atom is -0.491 e. The van der Waals surface area contributed by atoms with Crippen LogP contribution < -0.4 is 14.2 Å². The summed E-state index contributed by atoms with van der Waals surface area (Å²) in [6.45, 7) is 10.3. The molecule has 0 aromatic heterocycles. The van der Waals surface area contributed by atoms with E-state index in [1.165, 1.54) is 0 Å². The highest BCUT2D eigenvalue weighted by atomic mass is 19.1. The molecule has 0 amide bonds. The molecule has 2 atom stereocenters. The summed E-state index contributed by atoms with van der Waals surface area (Å²) in [6, 6.07) is 20.5. The van der Waals surface area contributed by atoms with Crippen LogP contribution in [-0.4, -0.2) is 64.4 Å². The van der Waals surface area contributed by atoms with Gasteiger partial charge in [-0.25, -0.2) is 14.0 Å². The normalized spacial score (nSPS) is 12.3. The Kier molecular flexibility index (Phi) is 14.4. The van der Waals surface area contributed by atoms with Crippen molar-refractivity contribution in [1.82, 2.24) is 0 Å². The van der Waals surface area contributed by atoms with Crippen LogP contribution in [-0.2, 0) is 19.0 Å². The SMILES string of the molecule is C=CCOCCOCCOCCOc1ccc(C(=O)Oc2ccc(-c3ccc(OC(=O)[C@H](F)[C@@H](C)CC)cc3)cc2)cc1. The number of halogens is 1. The lowest BCUT2D eigenvalue weighted by molar-refractivity contribution is -0.141. The maximum absolute atomic E-state index is 14.1. The van der Waals surface area contributed by atoms with Crippen LogP contribution in [0.3, 0.4) is 0 Å². The predicted molar refractivity (Wildman–Crippen MR) is 161 cm³/mol. The Morgan fingerprint density at radius 1 is 0.721 bits per heavy atom. The topological polar surface area (TPSA) is 89.5 Å².